The number of allylic oxidation sites excluding steroid dienone is 2. The first-order valence-corrected chi connectivity index (χ1v) is 8.83. The van der Waals surface area contributed by atoms with Crippen molar-refractivity contribution < 1.29 is 9.32 Å². The van der Waals surface area contributed by atoms with Crippen molar-refractivity contribution in [2.24, 2.45) is 5.92 Å². The number of aromatic nitrogens is 2. The van der Waals surface area contributed by atoms with Crippen LogP contribution in [0.2, 0.25) is 0 Å². The Morgan fingerprint density at radius 2 is 2.22 bits per heavy atom. The third-order valence-corrected chi connectivity index (χ3v) is 5.08. The van der Waals surface area contributed by atoms with Gasteiger partial charge in [0.2, 0.25) is 5.89 Å². The van der Waals surface area contributed by atoms with Gasteiger partial charge in [-0.05, 0) is 57.4 Å². The van der Waals surface area contributed by atoms with Gasteiger partial charge in [-0.15, -0.1) is 0 Å². The van der Waals surface area contributed by atoms with E-state index < -0.39 is 0 Å². The molecular formula is C17H24N4O2. The van der Waals surface area contributed by atoms with Crippen LogP contribution in [0, 0.1) is 5.92 Å². The van der Waals surface area contributed by atoms with Crippen LogP contribution in [0.3, 0.4) is 0 Å². The van der Waals surface area contributed by atoms with E-state index in [4.69, 9.17) is 4.52 Å². The van der Waals surface area contributed by atoms with E-state index in [1.54, 1.807) is 0 Å². The molecule has 124 valence electrons. The second-order valence-electron chi connectivity index (χ2n) is 7.01. The topological polar surface area (TPSA) is 71.3 Å². The zero-order chi connectivity index (χ0) is 15.6. The van der Waals surface area contributed by atoms with Crippen LogP contribution in [0.25, 0.3) is 0 Å². The Hall–Kier alpha value is -1.69. The van der Waals surface area contributed by atoms with E-state index in [2.05, 4.69) is 32.5 Å². The Bertz CT molecular complexity index is 593. The molecule has 2 heterocycles. The summed E-state index contributed by atoms with van der Waals surface area (Å²) in [7, 11) is 0. The SMILES string of the molecule is O=C(NC1CC1)c1noc([C@H]2CCCN2C[C@@H]2CC=CCC2)n1. The van der Waals surface area contributed by atoms with E-state index >= 15 is 0 Å². The molecule has 1 N–H and O–H groups in total. The van der Waals surface area contributed by atoms with E-state index in [0.717, 1.165) is 44.7 Å². The first-order chi connectivity index (χ1) is 11.3. The summed E-state index contributed by atoms with van der Waals surface area (Å²) in [6.45, 7) is 2.16. The summed E-state index contributed by atoms with van der Waals surface area (Å²) in [5.41, 5.74) is 0. The number of hydrogen-bond donors (Lipinski definition) is 1. The quantitative estimate of drug-likeness (QED) is 0.845. The molecule has 2 aliphatic carbocycles. The minimum atomic E-state index is -0.204. The van der Waals surface area contributed by atoms with Crippen molar-refractivity contribution >= 4 is 5.91 Å². The maximum Gasteiger partial charge on any atom is 0.292 e. The summed E-state index contributed by atoms with van der Waals surface area (Å²) in [6.07, 6.45) is 12.5. The molecule has 0 unspecified atom stereocenters. The highest BCUT2D eigenvalue weighted by molar-refractivity contribution is 5.90. The maximum atomic E-state index is 12.0. The number of carbonyl (C=O) groups excluding carboxylic acids is 1. The second kappa shape index (κ2) is 6.43. The molecular weight excluding hydrogens is 292 g/mol. The third-order valence-electron chi connectivity index (χ3n) is 5.08. The van der Waals surface area contributed by atoms with Crippen LogP contribution in [0.1, 0.15) is 67.5 Å². The molecule has 6 heteroatoms. The van der Waals surface area contributed by atoms with Crippen molar-refractivity contribution in [1.29, 1.82) is 0 Å². The molecule has 2 fully saturated rings. The average molecular weight is 316 g/mol. The Morgan fingerprint density at radius 1 is 1.30 bits per heavy atom. The van der Waals surface area contributed by atoms with E-state index in [1.807, 2.05) is 0 Å². The lowest BCUT2D eigenvalue weighted by atomic mass is 9.94. The average Bonchev–Trinajstić information content (AvgIpc) is 3.07. The molecule has 1 aromatic heterocycles. The zero-order valence-electron chi connectivity index (χ0n) is 13.4. The fourth-order valence-corrected chi connectivity index (χ4v) is 3.62. The first kappa shape index (κ1) is 14.9. The van der Waals surface area contributed by atoms with E-state index in [-0.39, 0.29) is 17.8 Å². The van der Waals surface area contributed by atoms with Crippen molar-refractivity contribution in [2.75, 3.05) is 13.1 Å². The smallest absolute Gasteiger partial charge is 0.292 e. The predicted molar refractivity (Wildman–Crippen MR) is 84.8 cm³/mol. The van der Waals surface area contributed by atoms with Gasteiger partial charge in [0.15, 0.2) is 0 Å². The summed E-state index contributed by atoms with van der Waals surface area (Å²) in [5, 5.41) is 6.79. The van der Waals surface area contributed by atoms with Crippen molar-refractivity contribution in [3.8, 4) is 0 Å². The lowest BCUT2D eigenvalue weighted by Crippen LogP contribution is -2.30. The molecule has 23 heavy (non-hydrogen) atoms. The standard InChI is InChI=1S/C17H24N4O2/c22-16(18-13-8-9-13)15-19-17(23-20-15)14-7-4-10-21(14)11-12-5-2-1-3-6-12/h1-2,12-14H,3-11H2,(H,18,22)/t12-,14-/m1/s1. The molecule has 6 nitrogen and oxygen atoms in total. The van der Waals surface area contributed by atoms with Crippen molar-refractivity contribution in [3.63, 3.8) is 0 Å². The van der Waals surface area contributed by atoms with Crippen molar-refractivity contribution in [3.05, 3.63) is 23.9 Å². The maximum absolute atomic E-state index is 12.0. The lowest BCUT2D eigenvalue weighted by molar-refractivity contribution is 0.0937. The minimum absolute atomic E-state index is 0.177. The van der Waals surface area contributed by atoms with Crippen LogP contribution in [0.4, 0.5) is 0 Å². The van der Waals surface area contributed by atoms with Crippen LogP contribution in [0.15, 0.2) is 16.7 Å². The van der Waals surface area contributed by atoms with Crippen LogP contribution in [-0.4, -0.2) is 40.1 Å². The number of rotatable bonds is 5. The Labute approximate surface area is 136 Å². The van der Waals surface area contributed by atoms with Gasteiger partial charge in [-0.1, -0.05) is 17.3 Å². The summed E-state index contributed by atoms with van der Waals surface area (Å²) in [6, 6.07) is 0.489. The van der Waals surface area contributed by atoms with Gasteiger partial charge < -0.3 is 9.84 Å². The van der Waals surface area contributed by atoms with Gasteiger partial charge in [0.25, 0.3) is 11.7 Å². The van der Waals surface area contributed by atoms with Gasteiger partial charge >= 0.3 is 0 Å². The second-order valence-corrected chi connectivity index (χ2v) is 7.01. The van der Waals surface area contributed by atoms with Crippen LogP contribution >= 0.6 is 0 Å². The summed E-state index contributed by atoms with van der Waals surface area (Å²) < 4.78 is 5.41. The van der Waals surface area contributed by atoms with Crippen molar-refractivity contribution in [2.45, 2.75) is 57.0 Å². The van der Waals surface area contributed by atoms with E-state index in [1.165, 1.54) is 19.3 Å². The largest absolute Gasteiger partial charge is 0.346 e. The molecule has 1 aliphatic heterocycles. The number of nitrogens with zero attached hydrogens (tertiary/aromatic N) is 3. The number of carbonyl (C=O) groups is 1. The molecule has 0 spiro atoms. The first-order valence-electron chi connectivity index (χ1n) is 8.83. The molecule has 3 aliphatic rings. The summed E-state index contributed by atoms with van der Waals surface area (Å²) in [5.74, 6) is 1.31. The van der Waals surface area contributed by atoms with Gasteiger partial charge in [-0.3, -0.25) is 9.69 Å². The number of amides is 1. The minimum Gasteiger partial charge on any atom is -0.346 e. The molecule has 0 aromatic carbocycles. The molecule has 0 bridgehead atoms. The van der Waals surface area contributed by atoms with Gasteiger partial charge in [-0.25, -0.2) is 0 Å². The molecule has 1 amide bonds. The van der Waals surface area contributed by atoms with E-state index in [0.29, 0.717) is 11.9 Å². The van der Waals surface area contributed by atoms with Crippen LogP contribution < -0.4 is 5.32 Å². The van der Waals surface area contributed by atoms with Crippen molar-refractivity contribution in [1.82, 2.24) is 20.4 Å². The molecule has 1 saturated heterocycles. The normalized spacial score (nSPS) is 28.2. The zero-order valence-corrected chi connectivity index (χ0v) is 13.4. The highest BCUT2D eigenvalue weighted by atomic mass is 16.5. The molecule has 1 saturated carbocycles. The summed E-state index contributed by atoms with van der Waals surface area (Å²) >= 11 is 0. The van der Waals surface area contributed by atoms with Gasteiger partial charge in [0.05, 0.1) is 6.04 Å². The van der Waals surface area contributed by atoms with Gasteiger partial charge in [0.1, 0.15) is 0 Å². The number of nitrogens with one attached hydrogen (secondary N) is 1. The Kier molecular flexibility index (Phi) is 4.16. The predicted octanol–water partition coefficient (Wildman–Crippen LogP) is 2.46. The van der Waals surface area contributed by atoms with E-state index in [9.17, 15) is 4.79 Å². The lowest BCUT2D eigenvalue weighted by Gasteiger charge is -2.27. The molecule has 1 aromatic rings. The Morgan fingerprint density at radius 3 is 3.00 bits per heavy atom. The summed E-state index contributed by atoms with van der Waals surface area (Å²) in [4.78, 5) is 18.8. The Balaban J connectivity index is 1.40. The van der Waals surface area contributed by atoms with Crippen LogP contribution in [-0.2, 0) is 0 Å². The fourth-order valence-electron chi connectivity index (χ4n) is 3.62. The molecule has 4 rings (SSSR count). The van der Waals surface area contributed by atoms with Gasteiger partial charge in [-0.2, -0.15) is 4.98 Å². The highest BCUT2D eigenvalue weighted by Gasteiger charge is 2.33. The molecule has 0 radical (unpaired) electrons. The van der Waals surface area contributed by atoms with Crippen LogP contribution in [0.5, 0.6) is 0 Å². The highest BCUT2D eigenvalue weighted by Crippen LogP contribution is 2.33. The third kappa shape index (κ3) is 3.47. The number of likely N-dealkylation sites (tertiary alicyclic amines) is 1. The molecule has 2 atom stereocenters. The number of hydrogen-bond acceptors (Lipinski definition) is 5. The van der Waals surface area contributed by atoms with Gasteiger partial charge in [0, 0.05) is 12.6 Å². The fraction of sp³-hybridized carbons (Fsp3) is 0.706. The monoisotopic (exact) mass is 316 g/mol.